The van der Waals surface area contributed by atoms with Gasteiger partial charge in [0.2, 0.25) is 0 Å². The fourth-order valence-electron chi connectivity index (χ4n) is 6.94. The maximum atomic E-state index is 8.24. The maximum absolute atomic E-state index is 8.24. The molecule has 4 aliphatic carbocycles. The van der Waals surface area contributed by atoms with Crippen LogP contribution in [-0.4, -0.2) is 24.4 Å². The van der Waals surface area contributed by atoms with Gasteiger partial charge in [-0.2, -0.15) is 0 Å². The van der Waals surface area contributed by atoms with E-state index in [9.17, 15) is 0 Å². The SMILES string of the molecule is CC(C)C1C2CC3CC(C2)CC1C3.CC(C)CCO.CCCCC(C)C.CCOC(C)CC(C)C. The molecule has 2 nitrogen and oxygen atoms in total. The van der Waals surface area contributed by atoms with Crippen molar-refractivity contribution in [2.24, 2.45) is 53.3 Å². The zero-order valence-corrected chi connectivity index (χ0v) is 26.1. The highest BCUT2D eigenvalue weighted by Crippen LogP contribution is 2.58. The first-order valence-corrected chi connectivity index (χ1v) is 15.7. The highest BCUT2D eigenvalue weighted by molar-refractivity contribution is 4.98. The van der Waals surface area contributed by atoms with Crippen LogP contribution in [0.15, 0.2) is 0 Å². The maximum Gasteiger partial charge on any atom is 0.0549 e. The first kappa shape index (κ1) is 34.9. The van der Waals surface area contributed by atoms with Gasteiger partial charge in [0.15, 0.2) is 0 Å². The van der Waals surface area contributed by atoms with Gasteiger partial charge in [-0.1, -0.05) is 81.6 Å². The molecule has 1 N–H and O–H groups in total. The first-order valence-electron chi connectivity index (χ1n) is 15.7. The van der Waals surface area contributed by atoms with Crippen molar-refractivity contribution in [1.29, 1.82) is 0 Å². The molecule has 0 aliphatic heterocycles. The molecule has 35 heavy (non-hydrogen) atoms. The highest BCUT2D eigenvalue weighted by atomic mass is 16.5. The Morgan fingerprint density at radius 3 is 1.43 bits per heavy atom. The molecular formula is C33H68O2. The van der Waals surface area contributed by atoms with Crippen LogP contribution in [0.5, 0.6) is 0 Å². The summed E-state index contributed by atoms with van der Waals surface area (Å²) in [5, 5.41) is 8.24. The summed E-state index contributed by atoms with van der Waals surface area (Å²) in [4.78, 5) is 0. The van der Waals surface area contributed by atoms with Gasteiger partial charge in [-0.25, -0.2) is 0 Å². The van der Waals surface area contributed by atoms with Gasteiger partial charge >= 0.3 is 0 Å². The molecule has 4 fully saturated rings. The second-order valence-corrected chi connectivity index (χ2v) is 13.6. The van der Waals surface area contributed by atoms with Gasteiger partial charge in [0.05, 0.1) is 6.10 Å². The van der Waals surface area contributed by atoms with E-state index in [0.717, 1.165) is 60.4 Å². The average Bonchev–Trinajstić information content (AvgIpc) is 2.72. The standard InChI is InChI=1S/C13H22.C8H18O.C7H16.C5H12O/c1-8(2)13-11-4-9-3-10(6-11)7-12(13)5-9;1-5-9-8(4)6-7(2)3;1-4-5-6-7(2)3;1-5(2)3-4-6/h8-13H,3-7H2,1-2H3;7-8H,5-6H2,1-4H3;7H,4-6H2,1-3H3;5-6H,3-4H2,1-2H3. The second kappa shape index (κ2) is 20.0. The molecule has 4 bridgehead atoms. The summed E-state index contributed by atoms with van der Waals surface area (Å²) >= 11 is 0. The number of ether oxygens (including phenoxy) is 1. The highest BCUT2D eigenvalue weighted by Gasteiger charge is 2.48. The van der Waals surface area contributed by atoms with E-state index in [1.807, 2.05) is 6.92 Å². The molecule has 0 aromatic carbocycles. The summed E-state index contributed by atoms with van der Waals surface area (Å²) in [6, 6.07) is 0. The number of hydrogen-bond acceptors (Lipinski definition) is 2. The fraction of sp³-hybridized carbons (Fsp3) is 1.00. The minimum absolute atomic E-state index is 0.331. The average molecular weight is 497 g/mol. The molecule has 1 unspecified atom stereocenters. The summed E-state index contributed by atoms with van der Waals surface area (Å²) in [5.74, 6) is 8.94. The van der Waals surface area contributed by atoms with Gasteiger partial charge in [-0.3, -0.25) is 0 Å². The van der Waals surface area contributed by atoms with Gasteiger partial charge in [-0.15, -0.1) is 0 Å². The van der Waals surface area contributed by atoms with Crippen molar-refractivity contribution < 1.29 is 9.84 Å². The van der Waals surface area contributed by atoms with Crippen LogP contribution in [0.25, 0.3) is 0 Å². The Hall–Kier alpha value is -0.0800. The van der Waals surface area contributed by atoms with E-state index in [-0.39, 0.29) is 0 Å². The van der Waals surface area contributed by atoms with Crippen molar-refractivity contribution in [1.82, 2.24) is 0 Å². The minimum Gasteiger partial charge on any atom is -0.396 e. The number of rotatable bonds is 10. The molecule has 0 heterocycles. The zero-order valence-electron chi connectivity index (χ0n) is 26.1. The molecule has 212 valence electrons. The lowest BCUT2D eigenvalue weighted by Crippen LogP contribution is -2.46. The first-order chi connectivity index (χ1) is 16.4. The molecule has 0 spiro atoms. The van der Waals surface area contributed by atoms with Crippen LogP contribution in [-0.2, 0) is 4.74 Å². The van der Waals surface area contributed by atoms with E-state index in [0.29, 0.717) is 18.6 Å². The molecule has 4 aliphatic rings. The van der Waals surface area contributed by atoms with Crippen LogP contribution in [0.3, 0.4) is 0 Å². The van der Waals surface area contributed by atoms with E-state index in [2.05, 4.69) is 69.2 Å². The van der Waals surface area contributed by atoms with Crippen LogP contribution in [0.4, 0.5) is 0 Å². The third kappa shape index (κ3) is 16.4. The van der Waals surface area contributed by atoms with Crippen molar-refractivity contribution in [3.8, 4) is 0 Å². The van der Waals surface area contributed by atoms with Crippen molar-refractivity contribution in [3.05, 3.63) is 0 Å². The molecule has 0 amide bonds. The molecular weight excluding hydrogens is 428 g/mol. The largest absolute Gasteiger partial charge is 0.396 e. The van der Waals surface area contributed by atoms with E-state index in [1.54, 1.807) is 32.1 Å². The second-order valence-electron chi connectivity index (χ2n) is 13.6. The number of hydrogen-bond donors (Lipinski definition) is 1. The van der Waals surface area contributed by atoms with Gasteiger partial charge in [0.25, 0.3) is 0 Å². The van der Waals surface area contributed by atoms with Crippen LogP contribution in [0.2, 0.25) is 0 Å². The smallest absolute Gasteiger partial charge is 0.0549 e. The number of aliphatic hydroxyl groups is 1. The Morgan fingerprint density at radius 1 is 0.686 bits per heavy atom. The van der Waals surface area contributed by atoms with E-state index >= 15 is 0 Å². The number of unbranched alkanes of at least 4 members (excludes halogenated alkanes) is 1. The van der Waals surface area contributed by atoms with Crippen molar-refractivity contribution >= 4 is 0 Å². The molecule has 0 saturated heterocycles. The zero-order chi connectivity index (χ0) is 27.0. The molecule has 0 radical (unpaired) electrons. The topological polar surface area (TPSA) is 29.5 Å². The summed E-state index contributed by atoms with van der Waals surface area (Å²) < 4.78 is 5.35. The summed E-state index contributed by atoms with van der Waals surface area (Å²) in [7, 11) is 0. The molecule has 1 atom stereocenters. The predicted molar refractivity (Wildman–Crippen MR) is 157 cm³/mol. The summed E-state index contributed by atoms with van der Waals surface area (Å²) in [6.07, 6.45) is 14.7. The van der Waals surface area contributed by atoms with Crippen LogP contribution < -0.4 is 0 Å². The monoisotopic (exact) mass is 497 g/mol. The van der Waals surface area contributed by atoms with Gasteiger partial charge < -0.3 is 9.84 Å². The molecule has 4 rings (SSSR count). The molecule has 0 aromatic heterocycles. The molecule has 0 aromatic rings. The quantitative estimate of drug-likeness (QED) is 0.326. The van der Waals surface area contributed by atoms with Crippen molar-refractivity contribution in [2.45, 2.75) is 146 Å². The van der Waals surface area contributed by atoms with Gasteiger partial charge in [-0.05, 0) is 112 Å². The fourth-order valence-corrected chi connectivity index (χ4v) is 6.94. The Morgan fingerprint density at radius 2 is 1.17 bits per heavy atom. The Kier molecular flexibility index (Phi) is 19.9. The van der Waals surface area contributed by atoms with Crippen LogP contribution >= 0.6 is 0 Å². The van der Waals surface area contributed by atoms with E-state index < -0.39 is 0 Å². The van der Waals surface area contributed by atoms with Crippen LogP contribution in [0.1, 0.15) is 140 Å². The summed E-state index contributed by atoms with van der Waals surface area (Å²) in [6.45, 7) is 25.6. The molecule has 2 heteroatoms. The number of aliphatic hydroxyl groups excluding tert-OH is 1. The van der Waals surface area contributed by atoms with Crippen molar-refractivity contribution in [2.75, 3.05) is 13.2 Å². The Bertz CT molecular complexity index is 440. The van der Waals surface area contributed by atoms with Crippen molar-refractivity contribution in [3.63, 3.8) is 0 Å². The minimum atomic E-state index is 0.331. The van der Waals surface area contributed by atoms with E-state index in [1.165, 1.54) is 25.7 Å². The third-order valence-corrected chi connectivity index (χ3v) is 8.17. The Balaban J connectivity index is 0.000000468. The third-order valence-electron chi connectivity index (χ3n) is 8.17. The Labute approximate surface area is 222 Å². The normalized spacial score (nSPS) is 27.3. The van der Waals surface area contributed by atoms with Gasteiger partial charge in [0.1, 0.15) is 0 Å². The lowest BCUT2D eigenvalue weighted by Gasteiger charge is -2.55. The summed E-state index contributed by atoms with van der Waals surface area (Å²) in [5.41, 5.74) is 0. The lowest BCUT2D eigenvalue weighted by atomic mass is 9.50. The van der Waals surface area contributed by atoms with Crippen LogP contribution in [0, 0.1) is 53.3 Å². The van der Waals surface area contributed by atoms with Gasteiger partial charge in [0, 0.05) is 13.2 Å². The molecule has 4 saturated carbocycles. The van der Waals surface area contributed by atoms with E-state index in [4.69, 9.17) is 9.84 Å². The predicted octanol–water partition coefficient (Wildman–Crippen LogP) is 10.0. The lowest BCUT2D eigenvalue weighted by molar-refractivity contribution is -0.0552.